The molecule has 7 rings (SSSR count). The molecule has 38 heavy (non-hydrogen) atoms. The number of benzene rings is 4. The van der Waals surface area contributed by atoms with E-state index in [4.69, 9.17) is 14.6 Å². The Bertz CT molecular complexity index is 1720. The second kappa shape index (κ2) is 9.16. The highest BCUT2D eigenvalue weighted by molar-refractivity contribution is 6.03. The monoisotopic (exact) mass is 498 g/mol. The summed E-state index contributed by atoms with van der Waals surface area (Å²) in [6.07, 6.45) is 2.70. The smallest absolute Gasteiger partial charge is 0.156 e. The summed E-state index contributed by atoms with van der Waals surface area (Å²) in [5.74, 6) is 0.444. The first-order chi connectivity index (χ1) is 18.7. The van der Waals surface area contributed by atoms with E-state index in [0.29, 0.717) is 12.2 Å². The minimum absolute atomic E-state index is 0.141. The van der Waals surface area contributed by atoms with Crippen molar-refractivity contribution in [3.8, 4) is 17.1 Å². The van der Waals surface area contributed by atoms with E-state index in [1.54, 1.807) is 12.1 Å². The van der Waals surface area contributed by atoms with Crippen molar-refractivity contribution in [3.05, 3.63) is 138 Å². The first-order valence-corrected chi connectivity index (χ1v) is 12.5. The van der Waals surface area contributed by atoms with Gasteiger partial charge in [-0.1, -0.05) is 66.7 Å². The van der Waals surface area contributed by atoms with E-state index in [-0.39, 0.29) is 11.9 Å². The highest BCUT2D eigenvalue weighted by Crippen LogP contribution is 2.41. The van der Waals surface area contributed by atoms with Gasteiger partial charge in [-0.3, -0.25) is 5.01 Å². The Morgan fingerprint density at radius 1 is 0.763 bits per heavy atom. The van der Waals surface area contributed by atoms with E-state index in [0.717, 1.165) is 44.9 Å². The van der Waals surface area contributed by atoms with Crippen molar-refractivity contribution in [1.82, 2.24) is 9.78 Å². The molecule has 1 aliphatic rings. The second-order valence-corrected chi connectivity index (χ2v) is 9.32. The van der Waals surface area contributed by atoms with E-state index in [2.05, 4.69) is 6.20 Å². The summed E-state index contributed by atoms with van der Waals surface area (Å²) < 4.78 is 21.9. The third kappa shape index (κ3) is 3.96. The molecule has 0 N–H and O–H groups in total. The van der Waals surface area contributed by atoms with Gasteiger partial charge in [-0.15, -0.1) is 0 Å². The number of fused-ring (bicyclic) bond motifs is 1. The number of rotatable bonds is 5. The largest absolute Gasteiger partial charge is 0.454 e. The van der Waals surface area contributed by atoms with E-state index < -0.39 is 0 Å². The van der Waals surface area contributed by atoms with Gasteiger partial charge in [0.05, 0.1) is 23.1 Å². The molecule has 0 saturated heterocycles. The topological polar surface area (TPSA) is 46.6 Å². The third-order valence-corrected chi connectivity index (χ3v) is 6.89. The van der Waals surface area contributed by atoms with Crippen LogP contribution in [0.25, 0.3) is 28.1 Å². The molecule has 0 aliphatic carbocycles. The maximum absolute atomic E-state index is 13.7. The average molecular weight is 499 g/mol. The Morgan fingerprint density at radius 2 is 1.45 bits per heavy atom. The molecule has 1 atom stereocenters. The van der Waals surface area contributed by atoms with Crippen LogP contribution in [0.4, 0.5) is 10.1 Å². The Balaban J connectivity index is 1.39. The molecule has 184 valence electrons. The standard InChI is InChI=1S/C32H23FN4O/c33-24-17-15-22(16-18-24)28-20-29(37(34-28)26-12-5-2-6-13-26)27-21-36(25-10-3-1-4-11-25)35-32(27)31-19-23-9-7-8-14-30(23)38-31/h1-19,21,29H,20H2/t29-/m1/s1. The molecular formula is C32H23FN4O. The lowest BCUT2D eigenvalue weighted by Gasteiger charge is -2.23. The lowest BCUT2D eigenvalue weighted by atomic mass is 9.97. The quantitative estimate of drug-likeness (QED) is 0.244. The van der Waals surface area contributed by atoms with Gasteiger partial charge < -0.3 is 4.42 Å². The molecule has 0 amide bonds. The SMILES string of the molecule is Fc1ccc(C2=NN(c3ccccc3)[C@@H](c3cn(-c4ccccc4)nc3-c3cc4ccccc4o3)C2)cc1. The number of hydrogen-bond acceptors (Lipinski definition) is 4. The summed E-state index contributed by atoms with van der Waals surface area (Å²) >= 11 is 0. The van der Waals surface area contributed by atoms with Crippen molar-refractivity contribution >= 4 is 22.4 Å². The molecule has 0 spiro atoms. The van der Waals surface area contributed by atoms with Gasteiger partial charge in [-0.25, -0.2) is 9.07 Å². The van der Waals surface area contributed by atoms with E-state index in [1.807, 2.05) is 101 Å². The maximum Gasteiger partial charge on any atom is 0.156 e. The van der Waals surface area contributed by atoms with Crippen LogP contribution >= 0.6 is 0 Å². The molecule has 6 aromatic rings. The maximum atomic E-state index is 13.7. The summed E-state index contributed by atoms with van der Waals surface area (Å²) in [5.41, 5.74) is 6.30. The molecule has 3 heterocycles. The molecule has 2 aromatic heterocycles. The summed E-state index contributed by atoms with van der Waals surface area (Å²) in [7, 11) is 0. The molecule has 0 saturated carbocycles. The predicted molar refractivity (Wildman–Crippen MR) is 148 cm³/mol. The molecule has 0 radical (unpaired) electrons. The fourth-order valence-electron chi connectivity index (χ4n) is 5.02. The van der Waals surface area contributed by atoms with Crippen molar-refractivity contribution in [2.45, 2.75) is 12.5 Å². The number of halogens is 1. The zero-order valence-electron chi connectivity index (χ0n) is 20.4. The number of para-hydroxylation sites is 3. The lowest BCUT2D eigenvalue weighted by molar-refractivity contribution is 0.623. The number of hydrazone groups is 1. The molecule has 0 bridgehead atoms. The third-order valence-electron chi connectivity index (χ3n) is 6.89. The summed E-state index contributed by atoms with van der Waals surface area (Å²) in [4.78, 5) is 0. The lowest BCUT2D eigenvalue weighted by Crippen LogP contribution is -2.18. The molecule has 4 aromatic carbocycles. The number of nitrogens with zero attached hydrogens (tertiary/aromatic N) is 4. The van der Waals surface area contributed by atoms with E-state index >= 15 is 0 Å². The number of hydrogen-bond donors (Lipinski definition) is 0. The van der Waals surface area contributed by atoms with Gasteiger partial charge in [0, 0.05) is 23.6 Å². The zero-order valence-corrected chi connectivity index (χ0v) is 20.4. The Kier molecular flexibility index (Phi) is 5.36. The molecule has 0 fully saturated rings. The summed E-state index contributed by atoms with van der Waals surface area (Å²) in [5, 5.41) is 13.1. The van der Waals surface area contributed by atoms with Crippen LogP contribution in [0.2, 0.25) is 0 Å². The van der Waals surface area contributed by atoms with Crippen LogP contribution < -0.4 is 5.01 Å². The first-order valence-electron chi connectivity index (χ1n) is 12.5. The number of aromatic nitrogens is 2. The van der Waals surface area contributed by atoms with E-state index in [1.165, 1.54) is 12.1 Å². The van der Waals surface area contributed by atoms with Crippen LogP contribution in [0.15, 0.2) is 131 Å². The van der Waals surface area contributed by atoms with Crippen molar-refractivity contribution in [2.75, 3.05) is 5.01 Å². The van der Waals surface area contributed by atoms with Crippen LogP contribution in [0.3, 0.4) is 0 Å². The normalized spacial score (nSPS) is 15.2. The van der Waals surface area contributed by atoms with Gasteiger partial charge in [0.1, 0.15) is 17.1 Å². The molecule has 1 aliphatic heterocycles. The highest BCUT2D eigenvalue weighted by Gasteiger charge is 2.34. The zero-order chi connectivity index (χ0) is 25.5. The predicted octanol–water partition coefficient (Wildman–Crippen LogP) is 7.78. The van der Waals surface area contributed by atoms with Gasteiger partial charge in [0.15, 0.2) is 5.76 Å². The van der Waals surface area contributed by atoms with Crippen molar-refractivity contribution in [2.24, 2.45) is 5.10 Å². The van der Waals surface area contributed by atoms with Gasteiger partial charge in [-0.2, -0.15) is 10.2 Å². The number of furan rings is 1. The van der Waals surface area contributed by atoms with Crippen LogP contribution in [0.5, 0.6) is 0 Å². The van der Waals surface area contributed by atoms with E-state index in [9.17, 15) is 4.39 Å². The van der Waals surface area contributed by atoms with Crippen LogP contribution in [-0.2, 0) is 0 Å². The molecule has 5 nitrogen and oxygen atoms in total. The Labute approximate surface area is 219 Å². The summed E-state index contributed by atoms with van der Waals surface area (Å²) in [6, 6.07) is 36.6. The van der Waals surface area contributed by atoms with Crippen molar-refractivity contribution in [3.63, 3.8) is 0 Å². The van der Waals surface area contributed by atoms with Crippen LogP contribution in [0.1, 0.15) is 23.6 Å². The average Bonchev–Trinajstić information content (AvgIpc) is 3.71. The minimum atomic E-state index is -0.264. The Hall–Kier alpha value is -4.97. The van der Waals surface area contributed by atoms with Crippen molar-refractivity contribution in [1.29, 1.82) is 0 Å². The minimum Gasteiger partial charge on any atom is -0.454 e. The van der Waals surface area contributed by atoms with Gasteiger partial charge in [0.2, 0.25) is 0 Å². The fourth-order valence-corrected chi connectivity index (χ4v) is 5.02. The number of anilines is 1. The van der Waals surface area contributed by atoms with Gasteiger partial charge in [-0.05, 0) is 54.1 Å². The summed E-state index contributed by atoms with van der Waals surface area (Å²) in [6.45, 7) is 0. The first kappa shape index (κ1) is 22.2. The van der Waals surface area contributed by atoms with Crippen molar-refractivity contribution < 1.29 is 8.81 Å². The van der Waals surface area contributed by atoms with Crippen LogP contribution in [-0.4, -0.2) is 15.5 Å². The molecular weight excluding hydrogens is 475 g/mol. The molecule has 6 heteroatoms. The fraction of sp³-hybridized carbons (Fsp3) is 0.0625. The second-order valence-electron chi connectivity index (χ2n) is 9.32. The van der Waals surface area contributed by atoms with Gasteiger partial charge >= 0.3 is 0 Å². The highest BCUT2D eigenvalue weighted by atomic mass is 19.1. The molecule has 0 unspecified atom stereocenters. The van der Waals surface area contributed by atoms with Gasteiger partial charge in [0.25, 0.3) is 0 Å². The van der Waals surface area contributed by atoms with Crippen LogP contribution in [0, 0.1) is 5.82 Å². The Morgan fingerprint density at radius 3 is 2.18 bits per heavy atom.